The van der Waals surface area contributed by atoms with Crippen LogP contribution in [0.15, 0.2) is 54.2 Å². The monoisotopic (exact) mass is 253 g/mol. The number of nitrogens with zero attached hydrogens (tertiary/aromatic N) is 1. The van der Waals surface area contributed by atoms with Crippen LogP contribution in [0.3, 0.4) is 0 Å². The summed E-state index contributed by atoms with van der Waals surface area (Å²) < 4.78 is 0. The smallest absolute Gasteiger partial charge is 0.282 e. The number of anilines is 1. The van der Waals surface area contributed by atoms with Gasteiger partial charge < -0.3 is 4.98 Å². The van der Waals surface area contributed by atoms with Crippen molar-refractivity contribution < 1.29 is 9.59 Å². The number of aromatic amines is 1. The molecule has 94 valence electrons. The average molecular weight is 253 g/mol. The zero-order valence-electron chi connectivity index (χ0n) is 9.96. The van der Waals surface area contributed by atoms with Crippen molar-refractivity contribution in [2.45, 2.75) is 0 Å². The summed E-state index contributed by atoms with van der Waals surface area (Å²) in [6.45, 7) is 0. The van der Waals surface area contributed by atoms with Gasteiger partial charge in [0.15, 0.2) is 0 Å². The fourth-order valence-corrected chi connectivity index (χ4v) is 1.91. The minimum Gasteiger partial charge on any atom is -0.362 e. The van der Waals surface area contributed by atoms with E-state index in [4.69, 9.17) is 0 Å². The van der Waals surface area contributed by atoms with Gasteiger partial charge in [0, 0.05) is 11.9 Å². The highest BCUT2D eigenvalue weighted by Crippen LogP contribution is 2.20. The van der Waals surface area contributed by atoms with Crippen LogP contribution in [0.5, 0.6) is 0 Å². The molecule has 2 N–H and O–H groups in total. The van der Waals surface area contributed by atoms with Gasteiger partial charge in [-0.3, -0.25) is 15.0 Å². The summed E-state index contributed by atoms with van der Waals surface area (Å²) in [4.78, 5) is 27.0. The van der Waals surface area contributed by atoms with Crippen LogP contribution in [0, 0.1) is 0 Å². The Morgan fingerprint density at radius 2 is 1.79 bits per heavy atom. The number of carbonyl (C=O) groups is 2. The van der Waals surface area contributed by atoms with Gasteiger partial charge in [0.25, 0.3) is 11.8 Å². The topological polar surface area (TPSA) is 65.2 Å². The Hall–Kier alpha value is -2.82. The third kappa shape index (κ3) is 2.01. The Bertz CT molecular complexity index is 645. The second-order valence-corrected chi connectivity index (χ2v) is 4.10. The molecule has 1 fully saturated rings. The normalized spacial score (nSPS) is 17.1. The standard InChI is InChI=1S/C14H11N3O2/c18-13-12(9-10-5-4-8-15-10)14(19)17(16-13)11-6-2-1-3-7-11/h1-9,15H,(H,16,18)/b12-9-. The first-order valence-electron chi connectivity index (χ1n) is 5.81. The van der Waals surface area contributed by atoms with Crippen LogP contribution in [0.4, 0.5) is 5.69 Å². The van der Waals surface area contributed by atoms with E-state index in [1.165, 1.54) is 5.01 Å². The Kier molecular flexibility index (Phi) is 2.64. The van der Waals surface area contributed by atoms with Crippen LogP contribution in [0.1, 0.15) is 5.69 Å². The average Bonchev–Trinajstić information content (AvgIpc) is 3.03. The number of para-hydroxylation sites is 1. The molecule has 1 saturated heterocycles. The molecule has 0 radical (unpaired) electrons. The maximum atomic E-state index is 12.2. The fourth-order valence-electron chi connectivity index (χ4n) is 1.91. The highest BCUT2D eigenvalue weighted by Gasteiger charge is 2.34. The summed E-state index contributed by atoms with van der Waals surface area (Å²) in [6.07, 6.45) is 3.28. The van der Waals surface area contributed by atoms with Crippen LogP contribution in [0.25, 0.3) is 6.08 Å². The Labute approximate surface area is 109 Å². The zero-order chi connectivity index (χ0) is 13.2. The molecule has 1 aromatic heterocycles. The fraction of sp³-hybridized carbons (Fsp3) is 0. The third-order valence-electron chi connectivity index (χ3n) is 2.83. The van der Waals surface area contributed by atoms with Crippen molar-refractivity contribution in [1.29, 1.82) is 0 Å². The summed E-state index contributed by atoms with van der Waals surface area (Å²) in [7, 11) is 0. The number of hydrazine groups is 1. The van der Waals surface area contributed by atoms with Gasteiger partial charge in [-0.1, -0.05) is 18.2 Å². The first kappa shape index (κ1) is 11.3. The van der Waals surface area contributed by atoms with E-state index in [1.54, 1.807) is 48.7 Å². The van der Waals surface area contributed by atoms with Crippen molar-refractivity contribution in [3.05, 3.63) is 59.9 Å². The molecule has 0 bridgehead atoms. The van der Waals surface area contributed by atoms with Gasteiger partial charge in [0.05, 0.1) is 5.69 Å². The van der Waals surface area contributed by atoms with Crippen molar-refractivity contribution in [3.8, 4) is 0 Å². The molecule has 0 aliphatic carbocycles. The van der Waals surface area contributed by atoms with E-state index in [0.717, 1.165) is 0 Å². The van der Waals surface area contributed by atoms with E-state index in [9.17, 15) is 9.59 Å². The van der Waals surface area contributed by atoms with Crippen LogP contribution in [-0.2, 0) is 9.59 Å². The van der Waals surface area contributed by atoms with Gasteiger partial charge in [0.1, 0.15) is 5.57 Å². The first-order chi connectivity index (χ1) is 9.25. The molecule has 2 aromatic rings. The second kappa shape index (κ2) is 4.45. The lowest BCUT2D eigenvalue weighted by Crippen LogP contribution is -2.35. The van der Waals surface area contributed by atoms with Crippen LogP contribution >= 0.6 is 0 Å². The maximum absolute atomic E-state index is 12.2. The van der Waals surface area contributed by atoms with E-state index in [1.807, 2.05) is 6.07 Å². The van der Waals surface area contributed by atoms with Crippen LogP contribution in [-0.4, -0.2) is 16.8 Å². The molecule has 19 heavy (non-hydrogen) atoms. The van der Waals surface area contributed by atoms with Crippen LogP contribution < -0.4 is 10.4 Å². The Balaban J connectivity index is 1.94. The second-order valence-electron chi connectivity index (χ2n) is 4.10. The molecule has 2 amide bonds. The highest BCUT2D eigenvalue weighted by atomic mass is 16.2. The van der Waals surface area contributed by atoms with E-state index < -0.39 is 5.91 Å². The summed E-state index contributed by atoms with van der Waals surface area (Å²) in [6, 6.07) is 12.6. The van der Waals surface area contributed by atoms with Crippen molar-refractivity contribution in [1.82, 2.24) is 10.4 Å². The number of benzene rings is 1. The van der Waals surface area contributed by atoms with E-state index >= 15 is 0 Å². The van der Waals surface area contributed by atoms with Gasteiger partial charge in [-0.05, 0) is 30.3 Å². The molecule has 0 atom stereocenters. The molecule has 5 nitrogen and oxygen atoms in total. The minimum atomic E-state index is -0.400. The molecule has 3 rings (SSSR count). The lowest BCUT2D eigenvalue weighted by atomic mass is 10.2. The number of amides is 2. The first-order valence-corrected chi connectivity index (χ1v) is 5.81. The van der Waals surface area contributed by atoms with Crippen LogP contribution in [0.2, 0.25) is 0 Å². The molecular formula is C14H11N3O2. The largest absolute Gasteiger partial charge is 0.362 e. The quantitative estimate of drug-likeness (QED) is 0.629. The van der Waals surface area contributed by atoms with Gasteiger partial charge in [-0.25, -0.2) is 5.01 Å². The molecule has 0 saturated carbocycles. The number of rotatable bonds is 2. The number of hydrogen-bond acceptors (Lipinski definition) is 2. The predicted molar refractivity (Wildman–Crippen MR) is 70.8 cm³/mol. The summed E-state index contributed by atoms with van der Waals surface area (Å²) in [5.41, 5.74) is 4.01. The number of hydrogen-bond donors (Lipinski definition) is 2. The summed E-state index contributed by atoms with van der Waals surface area (Å²) >= 11 is 0. The lowest BCUT2D eigenvalue weighted by molar-refractivity contribution is -0.117. The Morgan fingerprint density at radius 1 is 1.00 bits per heavy atom. The molecule has 1 aliphatic heterocycles. The zero-order valence-corrected chi connectivity index (χ0v) is 9.96. The van der Waals surface area contributed by atoms with Crippen molar-refractivity contribution in [2.24, 2.45) is 0 Å². The Morgan fingerprint density at radius 3 is 2.47 bits per heavy atom. The van der Waals surface area contributed by atoms with E-state index in [-0.39, 0.29) is 11.5 Å². The van der Waals surface area contributed by atoms with Gasteiger partial charge in [-0.15, -0.1) is 0 Å². The number of nitrogens with one attached hydrogen (secondary N) is 2. The minimum absolute atomic E-state index is 0.117. The van der Waals surface area contributed by atoms with E-state index in [2.05, 4.69) is 10.4 Å². The highest BCUT2D eigenvalue weighted by molar-refractivity contribution is 6.31. The number of H-pyrrole nitrogens is 1. The molecule has 1 aromatic carbocycles. The summed E-state index contributed by atoms with van der Waals surface area (Å²) in [5, 5.41) is 1.25. The molecule has 0 spiro atoms. The predicted octanol–water partition coefficient (Wildman–Crippen LogP) is 1.48. The number of carbonyl (C=O) groups excluding carboxylic acids is 2. The number of aromatic nitrogens is 1. The summed E-state index contributed by atoms with van der Waals surface area (Å²) in [5.74, 6) is -0.755. The van der Waals surface area contributed by atoms with Crippen molar-refractivity contribution >= 4 is 23.6 Å². The molecular weight excluding hydrogens is 242 g/mol. The maximum Gasteiger partial charge on any atom is 0.282 e. The van der Waals surface area contributed by atoms with Gasteiger partial charge >= 0.3 is 0 Å². The third-order valence-corrected chi connectivity index (χ3v) is 2.83. The molecule has 5 heteroatoms. The molecule has 1 aliphatic rings. The van der Waals surface area contributed by atoms with Crippen molar-refractivity contribution in [3.63, 3.8) is 0 Å². The lowest BCUT2D eigenvalue weighted by Gasteiger charge is -2.13. The molecule has 2 heterocycles. The van der Waals surface area contributed by atoms with Gasteiger partial charge in [0.2, 0.25) is 0 Å². The van der Waals surface area contributed by atoms with Crippen molar-refractivity contribution in [2.75, 3.05) is 5.01 Å². The SMILES string of the molecule is O=C1NN(c2ccccc2)C(=O)/C1=C\c1ccc[nH]1. The van der Waals surface area contributed by atoms with E-state index in [0.29, 0.717) is 11.4 Å². The molecule has 0 unspecified atom stereocenters. The van der Waals surface area contributed by atoms with Gasteiger partial charge in [-0.2, -0.15) is 0 Å².